The van der Waals surface area contributed by atoms with Crippen molar-refractivity contribution in [3.8, 4) is 5.75 Å². The highest BCUT2D eigenvalue weighted by atomic mass is 16.3. The number of benzene rings is 1. The van der Waals surface area contributed by atoms with Gasteiger partial charge in [-0.1, -0.05) is 6.07 Å². The van der Waals surface area contributed by atoms with E-state index in [4.69, 9.17) is 5.73 Å². The minimum atomic E-state index is -0.201. The summed E-state index contributed by atoms with van der Waals surface area (Å²) in [4.78, 5) is 12.0. The van der Waals surface area contributed by atoms with Gasteiger partial charge in [0, 0.05) is 12.1 Å². The standard InChI is InChI=1S/C14H20N2O2/c1-9-2-7-12(13(17)8-9)14(18)16-11-5-3-10(15)4-6-11/h2,7-8,10-11,17H,3-6,15H2,1H3,(H,16,18)/t10-,11+. The number of aryl methyl sites for hydroxylation is 1. The van der Waals surface area contributed by atoms with Crippen molar-refractivity contribution in [2.45, 2.75) is 44.7 Å². The van der Waals surface area contributed by atoms with Crippen LogP contribution < -0.4 is 11.1 Å². The summed E-state index contributed by atoms with van der Waals surface area (Å²) in [7, 11) is 0. The molecule has 4 N–H and O–H groups in total. The molecule has 98 valence electrons. The van der Waals surface area contributed by atoms with Crippen molar-refractivity contribution in [2.24, 2.45) is 5.73 Å². The molecule has 0 heterocycles. The van der Waals surface area contributed by atoms with E-state index >= 15 is 0 Å². The number of hydrogen-bond acceptors (Lipinski definition) is 3. The van der Waals surface area contributed by atoms with Gasteiger partial charge in [0.1, 0.15) is 5.75 Å². The van der Waals surface area contributed by atoms with Crippen molar-refractivity contribution in [3.05, 3.63) is 29.3 Å². The van der Waals surface area contributed by atoms with Gasteiger partial charge in [-0.15, -0.1) is 0 Å². The highest BCUT2D eigenvalue weighted by Gasteiger charge is 2.21. The van der Waals surface area contributed by atoms with Gasteiger partial charge in [-0.3, -0.25) is 4.79 Å². The molecule has 1 fully saturated rings. The maximum absolute atomic E-state index is 12.0. The lowest BCUT2D eigenvalue weighted by atomic mass is 9.91. The Labute approximate surface area is 107 Å². The molecule has 1 amide bonds. The molecule has 0 saturated heterocycles. The second-order valence-electron chi connectivity index (χ2n) is 5.11. The quantitative estimate of drug-likeness (QED) is 0.745. The number of amides is 1. The average molecular weight is 248 g/mol. The Morgan fingerprint density at radius 1 is 1.33 bits per heavy atom. The van der Waals surface area contributed by atoms with Gasteiger partial charge in [0.2, 0.25) is 0 Å². The van der Waals surface area contributed by atoms with E-state index in [1.807, 2.05) is 13.0 Å². The Bertz CT molecular complexity index is 437. The van der Waals surface area contributed by atoms with Gasteiger partial charge in [-0.25, -0.2) is 0 Å². The molecular weight excluding hydrogens is 228 g/mol. The molecule has 0 bridgehead atoms. The Balaban J connectivity index is 1.99. The lowest BCUT2D eigenvalue weighted by Gasteiger charge is -2.26. The third kappa shape index (κ3) is 3.01. The van der Waals surface area contributed by atoms with Gasteiger partial charge < -0.3 is 16.2 Å². The zero-order valence-electron chi connectivity index (χ0n) is 10.6. The summed E-state index contributed by atoms with van der Waals surface area (Å²) >= 11 is 0. The molecule has 1 saturated carbocycles. The van der Waals surface area contributed by atoms with Crippen molar-refractivity contribution in [1.29, 1.82) is 0 Å². The van der Waals surface area contributed by atoms with Crippen LogP contribution >= 0.6 is 0 Å². The molecule has 0 unspecified atom stereocenters. The number of phenols is 1. The fourth-order valence-electron chi connectivity index (χ4n) is 2.36. The van der Waals surface area contributed by atoms with E-state index < -0.39 is 0 Å². The molecule has 0 spiro atoms. The van der Waals surface area contributed by atoms with E-state index in [1.54, 1.807) is 12.1 Å². The zero-order valence-corrected chi connectivity index (χ0v) is 10.6. The van der Waals surface area contributed by atoms with Gasteiger partial charge in [0.15, 0.2) is 0 Å². The number of aromatic hydroxyl groups is 1. The Kier molecular flexibility index (Phi) is 3.87. The second kappa shape index (κ2) is 5.40. The van der Waals surface area contributed by atoms with E-state index in [0.29, 0.717) is 5.56 Å². The molecule has 0 atom stereocenters. The first-order valence-corrected chi connectivity index (χ1v) is 6.42. The molecule has 0 radical (unpaired) electrons. The topological polar surface area (TPSA) is 75.4 Å². The van der Waals surface area contributed by atoms with Crippen LogP contribution in [0.2, 0.25) is 0 Å². The summed E-state index contributed by atoms with van der Waals surface area (Å²) in [6.45, 7) is 1.88. The lowest BCUT2D eigenvalue weighted by Crippen LogP contribution is -2.40. The van der Waals surface area contributed by atoms with Gasteiger partial charge >= 0.3 is 0 Å². The summed E-state index contributed by atoms with van der Waals surface area (Å²) in [6, 6.07) is 5.54. The molecule has 1 aliphatic carbocycles. The molecule has 0 aliphatic heterocycles. The molecule has 2 rings (SSSR count). The Morgan fingerprint density at radius 2 is 2.00 bits per heavy atom. The second-order valence-corrected chi connectivity index (χ2v) is 5.11. The largest absolute Gasteiger partial charge is 0.507 e. The monoisotopic (exact) mass is 248 g/mol. The Hall–Kier alpha value is -1.55. The van der Waals surface area contributed by atoms with Gasteiger partial charge in [0.25, 0.3) is 5.91 Å². The summed E-state index contributed by atoms with van der Waals surface area (Å²) in [5, 5.41) is 12.7. The maximum Gasteiger partial charge on any atom is 0.255 e. The van der Waals surface area contributed by atoms with Crippen molar-refractivity contribution in [3.63, 3.8) is 0 Å². The van der Waals surface area contributed by atoms with Crippen LogP contribution in [0.25, 0.3) is 0 Å². The molecular formula is C14H20N2O2. The number of nitrogens with one attached hydrogen (secondary N) is 1. The minimum absolute atomic E-state index is 0.0417. The van der Waals surface area contributed by atoms with Crippen molar-refractivity contribution in [1.82, 2.24) is 5.32 Å². The van der Waals surface area contributed by atoms with Crippen LogP contribution in [0, 0.1) is 6.92 Å². The van der Waals surface area contributed by atoms with Crippen molar-refractivity contribution in [2.75, 3.05) is 0 Å². The van der Waals surface area contributed by atoms with Crippen LogP contribution in [0.3, 0.4) is 0 Å². The molecule has 1 aromatic rings. The molecule has 0 aromatic heterocycles. The predicted molar refractivity (Wildman–Crippen MR) is 70.5 cm³/mol. The van der Waals surface area contributed by atoms with E-state index in [9.17, 15) is 9.90 Å². The fourth-order valence-corrected chi connectivity index (χ4v) is 2.36. The van der Waals surface area contributed by atoms with Gasteiger partial charge in [0.05, 0.1) is 5.56 Å². The van der Waals surface area contributed by atoms with Crippen molar-refractivity contribution >= 4 is 5.91 Å². The maximum atomic E-state index is 12.0. The number of carbonyl (C=O) groups is 1. The van der Waals surface area contributed by atoms with E-state index in [-0.39, 0.29) is 23.7 Å². The van der Waals surface area contributed by atoms with Gasteiger partial charge in [-0.05, 0) is 50.3 Å². The van der Waals surface area contributed by atoms with Gasteiger partial charge in [-0.2, -0.15) is 0 Å². The van der Waals surface area contributed by atoms with Crippen LogP contribution in [-0.2, 0) is 0 Å². The van der Waals surface area contributed by atoms with E-state index in [2.05, 4.69) is 5.32 Å². The number of rotatable bonds is 2. The Morgan fingerprint density at radius 3 is 2.61 bits per heavy atom. The number of nitrogens with two attached hydrogens (primary N) is 1. The zero-order chi connectivity index (χ0) is 13.1. The van der Waals surface area contributed by atoms with Crippen LogP contribution in [0.15, 0.2) is 18.2 Å². The first kappa shape index (κ1) is 12.9. The highest BCUT2D eigenvalue weighted by Crippen LogP contribution is 2.21. The summed E-state index contributed by atoms with van der Waals surface area (Å²) in [6.07, 6.45) is 3.73. The van der Waals surface area contributed by atoms with E-state index in [1.165, 1.54) is 0 Å². The summed E-state index contributed by atoms with van der Waals surface area (Å²) in [5.41, 5.74) is 7.11. The smallest absolute Gasteiger partial charge is 0.255 e. The predicted octanol–water partition coefficient (Wildman–Crippen LogP) is 1.70. The third-order valence-corrected chi connectivity index (χ3v) is 3.50. The van der Waals surface area contributed by atoms with Crippen LogP contribution in [0.1, 0.15) is 41.6 Å². The van der Waals surface area contributed by atoms with E-state index in [0.717, 1.165) is 31.2 Å². The molecule has 1 aliphatic rings. The molecule has 4 heteroatoms. The molecule has 4 nitrogen and oxygen atoms in total. The number of hydrogen-bond donors (Lipinski definition) is 3. The minimum Gasteiger partial charge on any atom is -0.507 e. The van der Waals surface area contributed by atoms with Crippen LogP contribution in [-0.4, -0.2) is 23.1 Å². The average Bonchev–Trinajstić information content (AvgIpc) is 2.32. The van der Waals surface area contributed by atoms with Crippen LogP contribution in [0.4, 0.5) is 0 Å². The number of carbonyl (C=O) groups excluding carboxylic acids is 1. The molecule has 1 aromatic carbocycles. The third-order valence-electron chi connectivity index (χ3n) is 3.50. The summed E-state index contributed by atoms with van der Waals surface area (Å²) in [5.74, 6) is -0.159. The van der Waals surface area contributed by atoms with Crippen molar-refractivity contribution < 1.29 is 9.90 Å². The lowest BCUT2D eigenvalue weighted by molar-refractivity contribution is 0.0923. The van der Waals surface area contributed by atoms with Crippen LogP contribution in [0.5, 0.6) is 5.75 Å². The first-order valence-electron chi connectivity index (χ1n) is 6.42. The summed E-state index contributed by atoms with van der Waals surface area (Å²) < 4.78 is 0. The normalized spacial score (nSPS) is 23.7. The fraction of sp³-hybridized carbons (Fsp3) is 0.500. The first-order chi connectivity index (χ1) is 8.56. The highest BCUT2D eigenvalue weighted by molar-refractivity contribution is 5.97. The molecule has 18 heavy (non-hydrogen) atoms. The number of phenolic OH excluding ortho intramolecular Hbond substituents is 1. The SMILES string of the molecule is Cc1ccc(C(=O)N[C@H]2CC[C@@H](N)CC2)c(O)c1.